The summed E-state index contributed by atoms with van der Waals surface area (Å²) in [7, 11) is 0. The lowest BCUT2D eigenvalue weighted by Gasteiger charge is -2.18. The maximum absolute atomic E-state index is 6.02. The molecule has 0 bridgehead atoms. The lowest BCUT2D eigenvalue weighted by Crippen LogP contribution is -2.33. The van der Waals surface area contributed by atoms with E-state index in [0.29, 0.717) is 33.5 Å². The Morgan fingerprint density at radius 3 is 2.24 bits per heavy atom. The maximum atomic E-state index is 6.02. The lowest BCUT2D eigenvalue weighted by molar-refractivity contribution is 0.262. The topological polar surface area (TPSA) is 21.3 Å². The summed E-state index contributed by atoms with van der Waals surface area (Å²) in [6.45, 7) is 5.60. The predicted octanol–water partition coefficient (Wildman–Crippen LogP) is 4.41. The minimum atomic E-state index is 0.294. The summed E-state index contributed by atoms with van der Waals surface area (Å²) in [5, 5.41) is 4.70. The molecule has 5 heteroatoms. The summed E-state index contributed by atoms with van der Waals surface area (Å²) in [4.78, 5) is 0. The Labute approximate surface area is 117 Å². The van der Waals surface area contributed by atoms with Crippen molar-refractivity contribution < 1.29 is 4.74 Å². The van der Waals surface area contributed by atoms with E-state index in [2.05, 4.69) is 19.2 Å². The Balaban J connectivity index is 2.68. The highest BCUT2D eigenvalue weighted by molar-refractivity contribution is 6.40. The molecule has 0 aliphatic heterocycles. The molecule has 0 saturated heterocycles. The van der Waals surface area contributed by atoms with Gasteiger partial charge in [-0.1, -0.05) is 48.7 Å². The zero-order valence-corrected chi connectivity index (χ0v) is 12.2. The molecule has 1 N–H and O–H groups in total. The molecule has 17 heavy (non-hydrogen) atoms. The molecule has 0 spiro atoms. The third-order valence-corrected chi connectivity index (χ3v) is 3.16. The lowest BCUT2D eigenvalue weighted by atomic mass is 10.2. The minimum Gasteiger partial charge on any atom is -0.489 e. The van der Waals surface area contributed by atoms with E-state index in [4.69, 9.17) is 39.5 Å². The standard InChI is InChI=1S/C12H16Cl3NO/c1-3-9(16-4-2)7-17-12-10(14)5-8(13)6-11(12)15/h5-6,9,16H,3-4,7H2,1-2H3. The predicted molar refractivity (Wildman–Crippen MR) is 74.7 cm³/mol. The summed E-state index contributed by atoms with van der Waals surface area (Å²) in [5.41, 5.74) is 0. The van der Waals surface area contributed by atoms with Crippen molar-refractivity contribution in [3.8, 4) is 5.75 Å². The van der Waals surface area contributed by atoms with Crippen LogP contribution in [0.2, 0.25) is 15.1 Å². The highest BCUT2D eigenvalue weighted by Gasteiger charge is 2.11. The highest BCUT2D eigenvalue weighted by atomic mass is 35.5. The maximum Gasteiger partial charge on any atom is 0.156 e. The van der Waals surface area contributed by atoms with E-state index in [1.807, 2.05) is 0 Å². The van der Waals surface area contributed by atoms with Gasteiger partial charge in [-0.15, -0.1) is 0 Å². The molecule has 2 nitrogen and oxygen atoms in total. The molecular weight excluding hydrogens is 280 g/mol. The van der Waals surface area contributed by atoms with Gasteiger partial charge in [-0.2, -0.15) is 0 Å². The van der Waals surface area contributed by atoms with Crippen molar-refractivity contribution in [2.75, 3.05) is 13.2 Å². The van der Waals surface area contributed by atoms with Crippen LogP contribution in [0.3, 0.4) is 0 Å². The van der Waals surface area contributed by atoms with Crippen LogP contribution in [0.1, 0.15) is 20.3 Å². The first-order chi connectivity index (χ1) is 8.08. The highest BCUT2D eigenvalue weighted by Crippen LogP contribution is 2.35. The number of rotatable bonds is 6. The van der Waals surface area contributed by atoms with E-state index in [9.17, 15) is 0 Å². The first-order valence-corrected chi connectivity index (χ1v) is 6.72. The van der Waals surface area contributed by atoms with Crippen molar-refractivity contribution in [2.24, 2.45) is 0 Å². The Kier molecular flexibility index (Phi) is 6.42. The van der Waals surface area contributed by atoms with Crippen molar-refractivity contribution in [3.05, 3.63) is 27.2 Å². The third-order valence-electron chi connectivity index (χ3n) is 2.38. The summed E-state index contributed by atoms with van der Waals surface area (Å²) in [6.07, 6.45) is 0.983. The molecule has 96 valence electrons. The fourth-order valence-corrected chi connectivity index (χ4v) is 2.39. The fraction of sp³-hybridized carbons (Fsp3) is 0.500. The summed E-state index contributed by atoms with van der Waals surface area (Å²) < 4.78 is 5.64. The van der Waals surface area contributed by atoms with Crippen molar-refractivity contribution in [1.29, 1.82) is 0 Å². The van der Waals surface area contributed by atoms with E-state index in [1.54, 1.807) is 12.1 Å². The van der Waals surface area contributed by atoms with E-state index in [0.717, 1.165) is 13.0 Å². The molecule has 1 rings (SSSR count). The molecular formula is C12H16Cl3NO. The molecule has 1 aromatic carbocycles. The number of halogens is 3. The van der Waals surface area contributed by atoms with Crippen LogP contribution in [0.5, 0.6) is 5.75 Å². The van der Waals surface area contributed by atoms with Gasteiger partial charge >= 0.3 is 0 Å². The zero-order valence-electron chi connectivity index (χ0n) is 9.90. The SMILES string of the molecule is CCNC(CC)COc1c(Cl)cc(Cl)cc1Cl. The zero-order chi connectivity index (χ0) is 12.8. The molecule has 0 aliphatic carbocycles. The van der Waals surface area contributed by atoms with Crippen LogP contribution in [0, 0.1) is 0 Å². The summed E-state index contributed by atoms with van der Waals surface area (Å²) >= 11 is 17.9. The summed E-state index contributed by atoms with van der Waals surface area (Å²) in [5.74, 6) is 0.495. The van der Waals surface area contributed by atoms with Crippen molar-refractivity contribution in [1.82, 2.24) is 5.32 Å². The Morgan fingerprint density at radius 2 is 1.76 bits per heavy atom. The van der Waals surface area contributed by atoms with Crippen LogP contribution in [0.25, 0.3) is 0 Å². The van der Waals surface area contributed by atoms with Gasteiger partial charge in [0, 0.05) is 11.1 Å². The number of hydrogen-bond acceptors (Lipinski definition) is 2. The van der Waals surface area contributed by atoms with Crippen LogP contribution in [0.4, 0.5) is 0 Å². The van der Waals surface area contributed by atoms with Gasteiger partial charge in [-0.05, 0) is 25.1 Å². The van der Waals surface area contributed by atoms with Crippen molar-refractivity contribution in [2.45, 2.75) is 26.3 Å². The second kappa shape index (κ2) is 7.32. The van der Waals surface area contributed by atoms with Gasteiger partial charge in [0.15, 0.2) is 5.75 Å². The van der Waals surface area contributed by atoms with Crippen LogP contribution in [-0.4, -0.2) is 19.2 Å². The molecule has 1 atom stereocenters. The van der Waals surface area contributed by atoms with Crippen LogP contribution < -0.4 is 10.1 Å². The second-order valence-electron chi connectivity index (χ2n) is 3.67. The average molecular weight is 297 g/mol. The normalized spacial score (nSPS) is 12.5. The van der Waals surface area contributed by atoms with Gasteiger partial charge in [0.1, 0.15) is 6.61 Å². The smallest absolute Gasteiger partial charge is 0.156 e. The van der Waals surface area contributed by atoms with E-state index >= 15 is 0 Å². The van der Waals surface area contributed by atoms with Gasteiger partial charge in [0.05, 0.1) is 10.0 Å². The van der Waals surface area contributed by atoms with Gasteiger partial charge in [-0.3, -0.25) is 0 Å². The molecule has 0 saturated carbocycles. The minimum absolute atomic E-state index is 0.294. The molecule has 0 radical (unpaired) electrons. The Bertz CT molecular complexity index is 348. The summed E-state index contributed by atoms with van der Waals surface area (Å²) in [6, 6.07) is 3.54. The van der Waals surface area contributed by atoms with E-state index < -0.39 is 0 Å². The molecule has 1 unspecified atom stereocenters. The van der Waals surface area contributed by atoms with Crippen LogP contribution in [0.15, 0.2) is 12.1 Å². The molecule has 0 aromatic heterocycles. The van der Waals surface area contributed by atoms with Gasteiger partial charge < -0.3 is 10.1 Å². The number of ether oxygens (including phenoxy) is 1. The number of nitrogens with one attached hydrogen (secondary N) is 1. The molecule has 0 heterocycles. The van der Waals surface area contributed by atoms with Crippen LogP contribution >= 0.6 is 34.8 Å². The van der Waals surface area contributed by atoms with Gasteiger partial charge in [-0.25, -0.2) is 0 Å². The van der Waals surface area contributed by atoms with Gasteiger partial charge in [0.2, 0.25) is 0 Å². The molecule has 0 aliphatic rings. The monoisotopic (exact) mass is 295 g/mol. The molecule has 0 amide bonds. The molecule has 0 fully saturated rings. The second-order valence-corrected chi connectivity index (χ2v) is 4.92. The van der Waals surface area contributed by atoms with Gasteiger partial charge in [0.25, 0.3) is 0 Å². The largest absolute Gasteiger partial charge is 0.489 e. The quantitative estimate of drug-likeness (QED) is 0.839. The number of benzene rings is 1. The van der Waals surface area contributed by atoms with E-state index in [-0.39, 0.29) is 0 Å². The fourth-order valence-electron chi connectivity index (χ4n) is 1.46. The first-order valence-electron chi connectivity index (χ1n) is 5.59. The van der Waals surface area contributed by atoms with E-state index in [1.165, 1.54) is 0 Å². The van der Waals surface area contributed by atoms with Crippen molar-refractivity contribution >= 4 is 34.8 Å². The Morgan fingerprint density at radius 1 is 1.18 bits per heavy atom. The number of likely N-dealkylation sites (N-methyl/N-ethyl adjacent to an activating group) is 1. The van der Waals surface area contributed by atoms with Crippen LogP contribution in [-0.2, 0) is 0 Å². The number of hydrogen-bond donors (Lipinski definition) is 1. The molecule has 1 aromatic rings. The van der Waals surface area contributed by atoms with Crippen molar-refractivity contribution in [3.63, 3.8) is 0 Å². The third kappa shape index (κ3) is 4.55. The Hall–Kier alpha value is -0.150. The first kappa shape index (κ1) is 14.9. The average Bonchev–Trinajstić information content (AvgIpc) is 2.26.